The van der Waals surface area contributed by atoms with Gasteiger partial charge in [0.15, 0.2) is 0 Å². The summed E-state index contributed by atoms with van der Waals surface area (Å²) in [4.78, 5) is 26.9. The van der Waals surface area contributed by atoms with Crippen molar-refractivity contribution >= 4 is 24.4 Å². The molecule has 0 unspecified atom stereocenters. The van der Waals surface area contributed by atoms with E-state index in [4.69, 9.17) is 19.8 Å². The molecule has 0 aliphatic rings. The average Bonchev–Trinajstić information content (AvgIpc) is 2.84. The van der Waals surface area contributed by atoms with Crippen LogP contribution in [-0.4, -0.2) is 47.7 Å². The van der Waals surface area contributed by atoms with Gasteiger partial charge in [-0.2, -0.15) is 0 Å². The maximum absolute atomic E-state index is 10.6. The third kappa shape index (κ3) is 19.9. The van der Waals surface area contributed by atoms with Gasteiger partial charge >= 0.3 is 16.8 Å². The van der Waals surface area contributed by atoms with Gasteiger partial charge in [-0.1, -0.05) is 67.5 Å². The van der Waals surface area contributed by atoms with Gasteiger partial charge in [-0.15, -0.1) is 0 Å². The Balaban J connectivity index is 0. The van der Waals surface area contributed by atoms with Gasteiger partial charge in [0.25, 0.3) is 0 Å². The molecule has 9 heteroatoms. The number of rotatable bonds is 10. The number of aromatic hydroxyl groups is 2. The Labute approximate surface area is 275 Å². The molecule has 0 fully saturated rings. The second kappa shape index (κ2) is 20.7. The summed E-state index contributed by atoms with van der Waals surface area (Å²) in [6.45, 7) is 20.7. The van der Waals surface area contributed by atoms with Crippen LogP contribution < -0.4 is 10.2 Å². The monoisotopic (exact) mass is 655 g/mol. The van der Waals surface area contributed by atoms with Crippen LogP contribution in [0.25, 0.3) is 0 Å². The first-order chi connectivity index (χ1) is 19.8. The van der Waals surface area contributed by atoms with Crippen LogP contribution in [0.2, 0.25) is 0 Å². The first kappa shape index (κ1) is 43.0. The standard InChI is InChI=1S/C31H46N2O2.2C2H4O2.Co/c1-9-24-14-22(18-30(3,4)5)16-26(28(24)34)20-32-12-11-13-33-21-27-17-23(19-31(6,7)8)15-25(10-2)29(27)35;2*1-2(3)4;/h14-17,20-21,34-35H,9-13,18-19H2,1-8H3;2*1H3,(H,3,4);/q;;;+2/p-2. The van der Waals surface area contributed by atoms with Crippen molar-refractivity contribution in [3.05, 3.63) is 57.6 Å². The molecule has 2 rings (SSSR count). The zero-order chi connectivity index (χ0) is 33.4. The number of phenols is 2. The second-order valence-corrected chi connectivity index (χ2v) is 13.0. The Kier molecular flexibility index (Phi) is 20.2. The van der Waals surface area contributed by atoms with Gasteiger partial charge in [0.1, 0.15) is 11.5 Å². The van der Waals surface area contributed by atoms with E-state index in [1.165, 1.54) is 11.1 Å². The van der Waals surface area contributed by atoms with Crippen LogP contribution in [0, 0.1) is 10.8 Å². The predicted molar refractivity (Wildman–Crippen MR) is 172 cm³/mol. The number of nitrogens with zero attached hydrogens (tertiary/aromatic N) is 2. The van der Waals surface area contributed by atoms with Gasteiger partial charge < -0.3 is 30.0 Å². The first-order valence-corrected chi connectivity index (χ1v) is 14.8. The molecule has 0 aliphatic carbocycles. The van der Waals surface area contributed by atoms with Crippen LogP contribution >= 0.6 is 0 Å². The molecule has 2 aromatic rings. The molecule has 0 aromatic heterocycles. The third-order valence-electron chi connectivity index (χ3n) is 5.82. The van der Waals surface area contributed by atoms with E-state index in [0.717, 1.165) is 68.2 Å². The molecule has 2 aromatic carbocycles. The molecule has 0 spiro atoms. The number of carboxylic acid groups (broad SMARTS) is 2. The first-order valence-electron chi connectivity index (χ1n) is 14.8. The largest absolute Gasteiger partial charge is 2.00 e. The summed E-state index contributed by atoms with van der Waals surface area (Å²) in [5, 5.41) is 39.0. The molecular formula is C35H52CoN2O6. The predicted octanol–water partition coefficient (Wildman–Crippen LogP) is 4.84. The summed E-state index contributed by atoms with van der Waals surface area (Å²) in [6, 6.07) is 8.34. The molecular weight excluding hydrogens is 603 g/mol. The van der Waals surface area contributed by atoms with Crippen LogP contribution in [0.3, 0.4) is 0 Å². The average molecular weight is 656 g/mol. The van der Waals surface area contributed by atoms with Gasteiger partial charge in [-0.05, 0) is 91.2 Å². The molecule has 247 valence electrons. The van der Waals surface area contributed by atoms with Crippen molar-refractivity contribution in [2.75, 3.05) is 13.1 Å². The van der Waals surface area contributed by atoms with Gasteiger partial charge in [0.05, 0.1) is 0 Å². The van der Waals surface area contributed by atoms with E-state index in [-0.39, 0.29) is 27.6 Å². The second-order valence-electron chi connectivity index (χ2n) is 13.0. The van der Waals surface area contributed by atoms with Crippen molar-refractivity contribution in [1.82, 2.24) is 0 Å². The molecule has 0 bridgehead atoms. The summed E-state index contributed by atoms with van der Waals surface area (Å²) >= 11 is 0. The Hall–Kier alpha value is -3.17. The molecule has 0 amide bonds. The minimum absolute atomic E-state index is 0. The van der Waals surface area contributed by atoms with Crippen LogP contribution in [-0.2, 0) is 52.1 Å². The zero-order valence-corrected chi connectivity index (χ0v) is 29.2. The Bertz CT molecular complexity index is 1140. The van der Waals surface area contributed by atoms with Gasteiger partial charge in [0.2, 0.25) is 0 Å². The smallest absolute Gasteiger partial charge is 0.550 e. The van der Waals surface area contributed by atoms with Crippen molar-refractivity contribution < 1.29 is 46.8 Å². The Morgan fingerprint density at radius 3 is 1.25 bits per heavy atom. The number of aliphatic imine (C=N–C) groups is 2. The number of hydrogen-bond acceptors (Lipinski definition) is 8. The fourth-order valence-corrected chi connectivity index (χ4v) is 4.32. The van der Waals surface area contributed by atoms with Crippen molar-refractivity contribution in [1.29, 1.82) is 0 Å². The number of aliphatic carboxylic acids is 2. The minimum atomic E-state index is -1.08. The number of hydrogen-bond donors (Lipinski definition) is 2. The van der Waals surface area contributed by atoms with E-state index < -0.39 is 11.9 Å². The van der Waals surface area contributed by atoms with Crippen molar-refractivity contribution in [3.63, 3.8) is 0 Å². The van der Waals surface area contributed by atoms with E-state index in [2.05, 4.69) is 89.6 Å². The molecule has 0 aliphatic heterocycles. The van der Waals surface area contributed by atoms with Crippen molar-refractivity contribution in [3.8, 4) is 11.5 Å². The molecule has 2 N–H and O–H groups in total. The number of carboxylic acids is 2. The maximum atomic E-state index is 10.6. The molecule has 0 atom stereocenters. The van der Waals surface area contributed by atoms with Gasteiger partial charge in [0, 0.05) is 48.6 Å². The number of phenolic OH excluding ortho intramolecular Hbond substituents is 2. The zero-order valence-electron chi connectivity index (χ0n) is 28.2. The normalized spacial score (nSPS) is 11.3. The molecule has 0 heterocycles. The van der Waals surface area contributed by atoms with Crippen molar-refractivity contribution in [2.45, 2.75) is 101 Å². The van der Waals surface area contributed by atoms with E-state index in [1.807, 2.05) is 0 Å². The maximum Gasteiger partial charge on any atom is 2.00 e. The molecule has 0 saturated carbocycles. The number of aryl methyl sites for hydroxylation is 2. The topological polar surface area (TPSA) is 145 Å². The van der Waals surface area contributed by atoms with Crippen LogP contribution in [0.1, 0.15) is 109 Å². The molecule has 1 radical (unpaired) electrons. The van der Waals surface area contributed by atoms with E-state index in [9.17, 15) is 10.2 Å². The fourth-order valence-electron chi connectivity index (χ4n) is 4.32. The van der Waals surface area contributed by atoms with Crippen molar-refractivity contribution in [2.24, 2.45) is 20.8 Å². The van der Waals surface area contributed by atoms with Crippen LogP contribution in [0.15, 0.2) is 34.3 Å². The summed E-state index contributed by atoms with van der Waals surface area (Å²) < 4.78 is 0. The minimum Gasteiger partial charge on any atom is -0.550 e. The molecule has 44 heavy (non-hydrogen) atoms. The number of carbonyl (C=O) groups excluding carboxylic acids is 2. The summed E-state index contributed by atoms with van der Waals surface area (Å²) in [5.74, 6) is -1.49. The number of carbonyl (C=O) groups is 2. The van der Waals surface area contributed by atoms with E-state index in [1.54, 1.807) is 12.4 Å². The molecule has 0 saturated heterocycles. The van der Waals surface area contributed by atoms with Crippen LogP contribution in [0.4, 0.5) is 0 Å². The van der Waals surface area contributed by atoms with Crippen LogP contribution in [0.5, 0.6) is 11.5 Å². The summed E-state index contributed by atoms with van der Waals surface area (Å²) in [5.41, 5.74) is 6.37. The Morgan fingerprint density at radius 2 is 1.00 bits per heavy atom. The van der Waals surface area contributed by atoms with E-state index in [0.29, 0.717) is 24.6 Å². The third-order valence-corrected chi connectivity index (χ3v) is 5.82. The summed E-state index contributed by atoms with van der Waals surface area (Å²) in [7, 11) is 0. The summed E-state index contributed by atoms with van der Waals surface area (Å²) in [6.07, 6.45) is 7.89. The number of benzene rings is 2. The van der Waals surface area contributed by atoms with Gasteiger partial charge in [-0.3, -0.25) is 9.98 Å². The fraction of sp³-hybridized carbons (Fsp3) is 0.543. The van der Waals surface area contributed by atoms with E-state index >= 15 is 0 Å². The SMILES string of the molecule is CC(=O)[O-].CC(=O)[O-].CCc1cc(CC(C)(C)C)cc(C=NCCCN=Cc2cc(CC(C)(C)C)cc(CC)c2O)c1O.[Co+2]. The Morgan fingerprint density at radius 1 is 0.705 bits per heavy atom. The van der Waals surface area contributed by atoms with Gasteiger partial charge in [-0.25, -0.2) is 0 Å². The molecule has 8 nitrogen and oxygen atoms in total. The quantitative estimate of drug-likeness (QED) is 0.277.